The minimum absolute atomic E-state index is 0.165. The summed E-state index contributed by atoms with van der Waals surface area (Å²) in [7, 11) is 0. The molecule has 0 saturated carbocycles. The third kappa shape index (κ3) is 3.24. The number of benzene rings is 2. The monoisotopic (exact) mass is 333 g/mol. The number of carbonyl (C=O) groups is 1. The highest BCUT2D eigenvalue weighted by atomic mass is 19.4. The van der Waals surface area contributed by atoms with Gasteiger partial charge in [-0.2, -0.15) is 13.2 Å². The zero-order valence-corrected chi connectivity index (χ0v) is 12.7. The van der Waals surface area contributed by atoms with Gasteiger partial charge in [-0.1, -0.05) is 24.3 Å². The number of imidazole rings is 1. The normalized spacial score (nSPS) is 11.7. The van der Waals surface area contributed by atoms with Crippen molar-refractivity contribution in [3.63, 3.8) is 0 Å². The number of hydrogen-bond donors (Lipinski definition) is 2. The molecule has 24 heavy (non-hydrogen) atoms. The fourth-order valence-electron chi connectivity index (χ4n) is 2.37. The lowest BCUT2D eigenvalue weighted by Crippen LogP contribution is -2.23. The molecular formula is C17H14F3N3O. The van der Waals surface area contributed by atoms with Crippen LogP contribution in [0.2, 0.25) is 0 Å². The molecular weight excluding hydrogens is 319 g/mol. The van der Waals surface area contributed by atoms with Crippen LogP contribution in [-0.2, 0) is 12.7 Å². The predicted molar refractivity (Wildman–Crippen MR) is 83.4 cm³/mol. The van der Waals surface area contributed by atoms with Gasteiger partial charge in [0.1, 0.15) is 0 Å². The lowest BCUT2D eigenvalue weighted by Gasteiger charge is -2.08. The number of halogens is 3. The SMILES string of the molecule is Cc1ccccc1CNC(=O)c1ccc2nc(C(F)(F)F)[nH]c2c1. The van der Waals surface area contributed by atoms with Gasteiger partial charge in [0.2, 0.25) is 5.82 Å². The van der Waals surface area contributed by atoms with E-state index in [0.29, 0.717) is 6.54 Å². The summed E-state index contributed by atoms with van der Waals surface area (Å²) in [5.41, 5.74) is 2.64. The Morgan fingerprint density at radius 1 is 1.21 bits per heavy atom. The van der Waals surface area contributed by atoms with Crippen LogP contribution in [0, 0.1) is 6.92 Å². The van der Waals surface area contributed by atoms with Gasteiger partial charge < -0.3 is 10.3 Å². The van der Waals surface area contributed by atoms with Crippen molar-refractivity contribution in [1.82, 2.24) is 15.3 Å². The van der Waals surface area contributed by atoms with E-state index in [1.165, 1.54) is 18.2 Å². The van der Waals surface area contributed by atoms with Crippen LogP contribution in [0.3, 0.4) is 0 Å². The molecule has 0 unspecified atom stereocenters. The number of H-pyrrole nitrogens is 1. The summed E-state index contributed by atoms with van der Waals surface area (Å²) in [6.07, 6.45) is -4.55. The lowest BCUT2D eigenvalue weighted by atomic mass is 10.1. The molecule has 0 spiro atoms. The first-order valence-electron chi connectivity index (χ1n) is 7.24. The molecule has 0 bridgehead atoms. The molecule has 3 rings (SSSR count). The maximum atomic E-state index is 12.7. The van der Waals surface area contributed by atoms with Crippen LogP contribution in [0.5, 0.6) is 0 Å². The molecule has 1 heterocycles. The van der Waals surface area contributed by atoms with E-state index in [0.717, 1.165) is 11.1 Å². The van der Waals surface area contributed by atoms with Crippen molar-refractivity contribution in [2.45, 2.75) is 19.6 Å². The molecule has 0 radical (unpaired) electrons. The van der Waals surface area contributed by atoms with E-state index in [4.69, 9.17) is 0 Å². The van der Waals surface area contributed by atoms with E-state index in [1.807, 2.05) is 31.2 Å². The van der Waals surface area contributed by atoms with Crippen LogP contribution in [-0.4, -0.2) is 15.9 Å². The van der Waals surface area contributed by atoms with Crippen molar-refractivity contribution in [1.29, 1.82) is 0 Å². The number of aryl methyl sites for hydroxylation is 1. The number of amides is 1. The second-order valence-electron chi connectivity index (χ2n) is 5.42. The number of alkyl halides is 3. The van der Waals surface area contributed by atoms with Crippen molar-refractivity contribution in [3.8, 4) is 0 Å². The third-order valence-corrected chi connectivity index (χ3v) is 3.71. The molecule has 4 nitrogen and oxygen atoms in total. The Kier molecular flexibility index (Phi) is 4.01. The summed E-state index contributed by atoms with van der Waals surface area (Å²) in [6, 6.07) is 11.8. The van der Waals surface area contributed by atoms with Crippen LogP contribution in [0.4, 0.5) is 13.2 Å². The van der Waals surface area contributed by atoms with Crippen molar-refractivity contribution < 1.29 is 18.0 Å². The molecule has 2 N–H and O–H groups in total. The van der Waals surface area contributed by atoms with Gasteiger partial charge >= 0.3 is 6.18 Å². The molecule has 0 aliphatic rings. The maximum absolute atomic E-state index is 12.7. The first kappa shape index (κ1) is 16.0. The molecule has 7 heteroatoms. The zero-order valence-electron chi connectivity index (χ0n) is 12.7. The van der Waals surface area contributed by atoms with Gasteiger partial charge in [0, 0.05) is 12.1 Å². The molecule has 124 valence electrons. The molecule has 3 aromatic rings. The van der Waals surface area contributed by atoms with E-state index in [9.17, 15) is 18.0 Å². The quantitative estimate of drug-likeness (QED) is 0.765. The lowest BCUT2D eigenvalue weighted by molar-refractivity contribution is -0.144. The van der Waals surface area contributed by atoms with E-state index in [-0.39, 0.29) is 22.5 Å². The van der Waals surface area contributed by atoms with Crippen molar-refractivity contribution in [2.24, 2.45) is 0 Å². The van der Waals surface area contributed by atoms with E-state index in [2.05, 4.69) is 15.3 Å². The standard InChI is InChI=1S/C17H14F3N3O/c1-10-4-2-3-5-12(10)9-21-15(24)11-6-7-13-14(8-11)23-16(22-13)17(18,19)20/h2-8H,9H2,1H3,(H,21,24)(H,22,23). The van der Waals surface area contributed by atoms with Gasteiger partial charge in [0.05, 0.1) is 11.0 Å². The molecule has 1 aromatic heterocycles. The van der Waals surface area contributed by atoms with Crippen LogP contribution in [0.1, 0.15) is 27.3 Å². The Morgan fingerprint density at radius 3 is 2.67 bits per heavy atom. The predicted octanol–water partition coefficient (Wildman–Crippen LogP) is 3.82. The number of nitrogens with zero attached hydrogens (tertiary/aromatic N) is 1. The first-order chi connectivity index (χ1) is 11.3. The Balaban J connectivity index is 1.79. The maximum Gasteiger partial charge on any atom is 0.449 e. The van der Waals surface area contributed by atoms with Crippen molar-refractivity contribution in [3.05, 3.63) is 65.0 Å². The summed E-state index contributed by atoms with van der Waals surface area (Å²) in [4.78, 5) is 17.9. The minimum atomic E-state index is -4.55. The fraction of sp³-hybridized carbons (Fsp3) is 0.176. The Hall–Kier alpha value is -2.83. The van der Waals surface area contributed by atoms with Gasteiger partial charge in [0.25, 0.3) is 5.91 Å². The largest absolute Gasteiger partial charge is 0.449 e. The highest BCUT2D eigenvalue weighted by Crippen LogP contribution is 2.28. The summed E-state index contributed by atoms with van der Waals surface area (Å²) < 4.78 is 38.0. The molecule has 0 aliphatic carbocycles. The van der Waals surface area contributed by atoms with Crippen LogP contribution in [0.15, 0.2) is 42.5 Å². The van der Waals surface area contributed by atoms with Crippen molar-refractivity contribution in [2.75, 3.05) is 0 Å². The van der Waals surface area contributed by atoms with Crippen LogP contribution >= 0.6 is 0 Å². The fourth-order valence-corrected chi connectivity index (χ4v) is 2.37. The van der Waals surface area contributed by atoms with Gasteiger partial charge in [-0.3, -0.25) is 4.79 Å². The average molecular weight is 333 g/mol. The van der Waals surface area contributed by atoms with E-state index < -0.39 is 12.0 Å². The Bertz CT molecular complexity index is 899. The van der Waals surface area contributed by atoms with E-state index >= 15 is 0 Å². The minimum Gasteiger partial charge on any atom is -0.348 e. The summed E-state index contributed by atoms with van der Waals surface area (Å²) in [5.74, 6) is -1.43. The van der Waals surface area contributed by atoms with Gasteiger partial charge in [-0.25, -0.2) is 4.98 Å². The highest BCUT2D eigenvalue weighted by Gasteiger charge is 2.34. The molecule has 1 amide bonds. The number of hydrogen-bond acceptors (Lipinski definition) is 2. The second-order valence-corrected chi connectivity index (χ2v) is 5.42. The van der Waals surface area contributed by atoms with Crippen LogP contribution < -0.4 is 5.32 Å². The zero-order chi connectivity index (χ0) is 17.3. The molecule has 0 saturated heterocycles. The molecule has 2 aromatic carbocycles. The molecule has 0 fully saturated rings. The average Bonchev–Trinajstić information content (AvgIpc) is 2.97. The second kappa shape index (κ2) is 5.99. The number of rotatable bonds is 3. The summed E-state index contributed by atoms with van der Waals surface area (Å²) >= 11 is 0. The van der Waals surface area contributed by atoms with Gasteiger partial charge in [-0.05, 0) is 36.2 Å². The number of aromatic nitrogens is 2. The number of carbonyl (C=O) groups excluding carboxylic acids is 1. The van der Waals surface area contributed by atoms with E-state index in [1.54, 1.807) is 0 Å². The summed E-state index contributed by atoms with van der Waals surface area (Å²) in [6.45, 7) is 2.29. The first-order valence-corrected chi connectivity index (χ1v) is 7.24. The van der Waals surface area contributed by atoms with Crippen LogP contribution in [0.25, 0.3) is 11.0 Å². The Morgan fingerprint density at radius 2 is 1.96 bits per heavy atom. The number of aromatic amines is 1. The van der Waals surface area contributed by atoms with Gasteiger partial charge in [0.15, 0.2) is 0 Å². The molecule has 0 aliphatic heterocycles. The number of fused-ring (bicyclic) bond motifs is 1. The number of nitrogens with one attached hydrogen (secondary N) is 2. The van der Waals surface area contributed by atoms with Gasteiger partial charge in [-0.15, -0.1) is 0 Å². The molecule has 0 atom stereocenters. The smallest absolute Gasteiger partial charge is 0.348 e. The highest BCUT2D eigenvalue weighted by molar-refractivity contribution is 5.97. The summed E-state index contributed by atoms with van der Waals surface area (Å²) in [5, 5.41) is 2.76. The Labute approximate surface area is 135 Å². The topological polar surface area (TPSA) is 57.8 Å². The van der Waals surface area contributed by atoms with Crippen molar-refractivity contribution >= 4 is 16.9 Å². The third-order valence-electron chi connectivity index (χ3n) is 3.71.